The maximum Gasteiger partial charge on any atom is 0.269 e. The van der Waals surface area contributed by atoms with Crippen molar-refractivity contribution in [1.82, 2.24) is 19.3 Å². The molecule has 0 saturated carbocycles. The number of hydrogen-bond acceptors (Lipinski definition) is 7. The Bertz CT molecular complexity index is 2030. The fourth-order valence-electron chi connectivity index (χ4n) is 7.02. The molecule has 7 rings (SSSR count). The van der Waals surface area contributed by atoms with Crippen molar-refractivity contribution in [3.63, 3.8) is 0 Å². The Balaban J connectivity index is 1.27. The van der Waals surface area contributed by atoms with Gasteiger partial charge in [0, 0.05) is 62.4 Å². The van der Waals surface area contributed by atoms with Gasteiger partial charge in [-0.25, -0.2) is 17.1 Å². The highest BCUT2D eigenvalue weighted by molar-refractivity contribution is 7.92. The quantitative estimate of drug-likeness (QED) is 0.253. The van der Waals surface area contributed by atoms with Gasteiger partial charge < -0.3 is 9.64 Å². The third kappa shape index (κ3) is 6.68. The lowest BCUT2D eigenvalue weighted by molar-refractivity contribution is 0.0293. The zero-order valence-corrected chi connectivity index (χ0v) is 29.5. The van der Waals surface area contributed by atoms with Crippen molar-refractivity contribution in [2.45, 2.75) is 17.0 Å². The molecule has 0 bridgehead atoms. The number of anilines is 1. The van der Waals surface area contributed by atoms with Gasteiger partial charge in [0.05, 0.1) is 25.3 Å². The SMILES string of the molecule is O=C(c1ccc2n(c1=O)[C@@H](c1ccc(Cl)cc1)[C@@H](c1ccc(Cl)cc1)N2S(=O)(=O)c1ccccc1F)N1CCN(CCN2CCOCC2)CC1. The highest BCUT2D eigenvalue weighted by Gasteiger charge is 2.48. The first-order chi connectivity index (χ1) is 24.1. The van der Waals surface area contributed by atoms with E-state index in [1.54, 1.807) is 53.4 Å². The molecule has 262 valence electrons. The van der Waals surface area contributed by atoms with E-state index in [1.165, 1.54) is 34.9 Å². The first-order valence-corrected chi connectivity index (χ1v) is 18.7. The summed E-state index contributed by atoms with van der Waals surface area (Å²) in [5, 5.41) is 0.883. The molecule has 0 aliphatic carbocycles. The number of carbonyl (C=O) groups excluding carboxylic acids is 1. The molecule has 0 unspecified atom stereocenters. The van der Waals surface area contributed by atoms with Crippen LogP contribution >= 0.6 is 23.2 Å². The van der Waals surface area contributed by atoms with E-state index in [9.17, 15) is 18.0 Å². The number of carbonyl (C=O) groups is 1. The van der Waals surface area contributed by atoms with Gasteiger partial charge in [0.25, 0.3) is 21.5 Å². The van der Waals surface area contributed by atoms with Gasteiger partial charge in [-0.05, 0) is 59.7 Å². The van der Waals surface area contributed by atoms with Gasteiger partial charge >= 0.3 is 0 Å². The number of morpholine rings is 1. The lowest BCUT2D eigenvalue weighted by Crippen LogP contribution is -2.51. The highest BCUT2D eigenvalue weighted by atomic mass is 35.5. The van der Waals surface area contributed by atoms with Crippen LogP contribution < -0.4 is 9.86 Å². The summed E-state index contributed by atoms with van der Waals surface area (Å²) in [6.07, 6.45) is 0. The summed E-state index contributed by atoms with van der Waals surface area (Å²) in [5.74, 6) is -1.35. The average molecular weight is 741 g/mol. The van der Waals surface area contributed by atoms with Crippen LogP contribution in [0.15, 0.2) is 94.6 Å². The molecular weight excluding hydrogens is 704 g/mol. The number of fused-ring (bicyclic) bond motifs is 1. The van der Waals surface area contributed by atoms with Crippen LogP contribution in [0.25, 0.3) is 0 Å². The van der Waals surface area contributed by atoms with E-state index in [0.29, 0.717) is 47.4 Å². The maximum absolute atomic E-state index is 15.2. The molecule has 4 aromatic rings. The Morgan fingerprint density at radius 1 is 0.740 bits per heavy atom. The Kier molecular flexibility index (Phi) is 10.0. The standard InChI is InChI=1S/C36H36Cl2FN5O5S/c37-27-9-5-25(6-10-27)33-34(26-7-11-28(38)12-8-26)44(50(47,48)31-4-2-1-3-30(31)39)32-14-13-29(36(46)43(32)33)35(45)42-19-17-40(18-20-42)15-16-41-21-23-49-24-22-41/h1-14,33-34H,15-24H2/t33-,34+/m0/s1. The van der Waals surface area contributed by atoms with Crippen molar-refractivity contribution in [2.24, 2.45) is 0 Å². The van der Waals surface area contributed by atoms with Crippen LogP contribution in [-0.4, -0.2) is 99.2 Å². The summed E-state index contributed by atoms with van der Waals surface area (Å²) >= 11 is 12.5. The Labute approximate surface area is 300 Å². The van der Waals surface area contributed by atoms with Crippen molar-refractivity contribution in [1.29, 1.82) is 0 Å². The van der Waals surface area contributed by atoms with E-state index >= 15 is 4.39 Å². The molecule has 0 N–H and O–H groups in total. The lowest BCUT2D eigenvalue weighted by atomic mass is 9.94. The number of halogens is 3. The summed E-state index contributed by atoms with van der Waals surface area (Å²) in [6.45, 7) is 7.35. The highest BCUT2D eigenvalue weighted by Crippen LogP contribution is 2.49. The molecule has 2 fully saturated rings. The van der Waals surface area contributed by atoms with E-state index in [0.717, 1.165) is 49.8 Å². The number of amides is 1. The van der Waals surface area contributed by atoms with Crippen molar-refractivity contribution >= 4 is 45.0 Å². The number of piperazine rings is 1. The third-order valence-corrected chi connectivity index (χ3v) is 12.0. The van der Waals surface area contributed by atoms with E-state index < -0.39 is 44.3 Å². The molecule has 0 spiro atoms. The van der Waals surface area contributed by atoms with Gasteiger partial charge in [-0.3, -0.25) is 24.0 Å². The summed E-state index contributed by atoms with van der Waals surface area (Å²) in [4.78, 5) is 34.4. The second-order valence-electron chi connectivity index (χ2n) is 12.6. The van der Waals surface area contributed by atoms with E-state index in [4.69, 9.17) is 27.9 Å². The molecule has 1 amide bonds. The third-order valence-electron chi connectivity index (χ3n) is 9.67. The predicted molar refractivity (Wildman–Crippen MR) is 190 cm³/mol. The normalized spacial score (nSPS) is 20.2. The van der Waals surface area contributed by atoms with Crippen LogP contribution in [0.4, 0.5) is 10.2 Å². The predicted octanol–water partition coefficient (Wildman–Crippen LogP) is 4.92. The van der Waals surface area contributed by atoms with Crippen molar-refractivity contribution in [2.75, 3.05) is 69.9 Å². The van der Waals surface area contributed by atoms with Crippen LogP contribution in [0.2, 0.25) is 10.0 Å². The largest absolute Gasteiger partial charge is 0.379 e. The smallest absolute Gasteiger partial charge is 0.269 e. The second kappa shape index (κ2) is 14.5. The maximum atomic E-state index is 15.2. The van der Waals surface area contributed by atoms with Crippen molar-refractivity contribution < 1.29 is 22.3 Å². The zero-order valence-electron chi connectivity index (χ0n) is 27.1. The first-order valence-electron chi connectivity index (χ1n) is 16.5. The molecule has 0 radical (unpaired) electrons. The number of hydrogen-bond donors (Lipinski definition) is 0. The molecule has 3 aromatic carbocycles. The molecule has 2 atom stereocenters. The van der Waals surface area contributed by atoms with Gasteiger partial charge in [-0.2, -0.15) is 0 Å². The monoisotopic (exact) mass is 739 g/mol. The van der Waals surface area contributed by atoms with E-state index in [-0.39, 0.29) is 11.4 Å². The van der Waals surface area contributed by atoms with Crippen LogP contribution in [0.3, 0.4) is 0 Å². The van der Waals surface area contributed by atoms with Gasteiger partial charge in [0.1, 0.15) is 22.1 Å². The minimum atomic E-state index is -4.60. The number of sulfonamides is 1. The van der Waals surface area contributed by atoms with Gasteiger partial charge in [-0.15, -0.1) is 0 Å². The van der Waals surface area contributed by atoms with Crippen LogP contribution in [0, 0.1) is 5.82 Å². The molecule has 14 heteroatoms. The summed E-state index contributed by atoms with van der Waals surface area (Å²) < 4.78 is 52.1. The fourth-order valence-corrected chi connectivity index (χ4v) is 8.98. The number of aromatic nitrogens is 1. The first kappa shape index (κ1) is 34.7. The number of benzene rings is 3. The van der Waals surface area contributed by atoms with Crippen LogP contribution in [0.1, 0.15) is 33.6 Å². The second-order valence-corrected chi connectivity index (χ2v) is 15.2. The number of nitrogens with zero attached hydrogens (tertiary/aromatic N) is 5. The molecule has 50 heavy (non-hydrogen) atoms. The van der Waals surface area contributed by atoms with Gasteiger partial charge in [0.2, 0.25) is 0 Å². The molecule has 10 nitrogen and oxygen atoms in total. The van der Waals surface area contributed by atoms with Crippen molar-refractivity contribution in [3.05, 3.63) is 128 Å². The molecule has 3 aliphatic heterocycles. The molecular formula is C36H36Cl2FN5O5S. The van der Waals surface area contributed by atoms with Crippen LogP contribution in [-0.2, 0) is 14.8 Å². The number of rotatable bonds is 8. The Morgan fingerprint density at radius 3 is 1.90 bits per heavy atom. The Hall–Kier alpha value is -3.78. The Morgan fingerprint density at radius 2 is 1.30 bits per heavy atom. The van der Waals surface area contributed by atoms with Gasteiger partial charge in [0.15, 0.2) is 0 Å². The minimum absolute atomic E-state index is 0.00244. The van der Waals surface area contributed by atoms with Crippen LogP contribution in [0.5, 0.6) is 0 Å². The molecule has 4 heterocycles. The summed E-state index contributed by atoms with van der Waals surface area (Å²) in [6, 6.07) is 19.3. The average Bonchev–Trinajstić information content (AvgIpc) is 3.49. The molecule has 3 aliphatic rings. The number of pyridine rings is 1. The summed E-state index contributed by atoms with van der Waals surface area (Å²) in [7, 11) is -4.60. The summed E-state index contributed by atoms with van der Waals surface area (Å²) in [5.41, 5.74) is 0.364. The topological polar surface area (TPSA) is 95.4 Å². The molecule has 1 aromatic heterocycles. The minimum Gasteiger partial charge on any atom is -0.379 e. The fraction of sp³-hybridized carbons (Fsp3) is 0.333. The lowest BCUT2D eigenvalue weighted by Gasteiger charge is -2.36. The van der Waals surface area contributed by atoms with E-state index in [2.05, 4.69) is 9.80 Å². The van der Waals surface area contributed by atoms with E-state index in [1.807, 2.05) is 0 Å². The number of ether oxygens (including phenoxy) is 1. The van der Waals surface area contributed by atoms with Crippen molar-refractivity contribution in [3.8, 4) is 0 Å². The molecule has 2 saturated heterocycles. The van der Waals surface area contributed by atoms with Gasteiger partial charge in [-0.1, -0.05) is 59.6 Å². The zero-order chi connectivity index (χ0) is 35.0.